The first-order valence-electron chi connectivity index (χ1n) is 2.93. The SMILES string of the molecule is Bc1cnc(N)c(C(=O)O)n1. The number of carboxylic acids is 1. The van der Waals surface area contributed by atoms with Gasteiger partial charge in [-0.15, -0.1) is 0 Å². The predicted octanol–water partition coefficient (Wildman–Crippen LogP) is -1.98. The normalized spacial score (nSPS) is 9.45. The molecule has 5 nitrogen and oxygen atoms in total. The van der Waals surface area contributed by atoms with E-state index in [0.29, 0.717) is 5.59 Å². The Morgan fingerprint density at radius 2 is 2.36 bits per heavy atom. The van der Waals surface area contributed by atoms with E-state index in [1.165, 1.54) is 6.20 Å². The second-order valence-electron chi connectivity index (χ2n) is 2.05. The second-order valence-corrected chi connectivity index (χ2v) is 2.05. The summed E-state index contributed by atoms with van der Waals surface area (Å²) in [6, 6.07) is 0. The molecule has 0 aliphatic carbocycles. The number of nitrogens with zero attached hydrogens (tertiary/aromatic N) is 2. The van der Waals surface area contributed by atoms with Crippen molar-refractivity contribution in [1.29, 1.82) is 0 Å². The fraction of sp³-hybridized carbons (Fsp3) is 0. The van der Waals surface area contributed by atoms with Crippen LogP contribution in [0.2, 0.25) is 0 Å². The summed E-state index contributed by atoms with van der Waals surface area (Å²) in [5, 5.41) is 8.51. The molecule has 6 heteroatoms. The Balaban J connectivity index is 3.23. The minimum atomic E-state index is -1.15. The molecule has 56 valence electrons. The first-order valence-corrected chi connectivity index (χ1v) is 2.93. The van der Waals surface area contributed by atoms with Gasteiger partial charge in [-0.2, -0.15) is 0 Å². The number of hydrogen-bond donors (Lipinski definition) is 2. The van der Waals surface area contributed by atoms with Crippen molar-refractivity contribution >= 4 is 25.2 Å². The monoisotopic (exact) mass is 151 g/mol. The number of rotatable bonds is 1. The van der Waals surface area contributed by atoms with Crippen LogP contribution in [0.25, 0.3) is 0 Å². The number of anilines is 1. The van der Waals surface area contributed by atoms with Crippen LogP contribution in [0.3, 0.4) is 0 Å². The summed E-state index contributed by atoms with van der Waals surface area (Å²) in [6.07, 6.45) is 1.42. The molecule has 11 heavy (non-hydrogen) atoms. The highest BCUT2D eigenvalue weighted by molar-refractivity contribution is 6.30. The summed E-state index contributed by atoms with van der Waals surface area (Å²) in [5.41, 5.74) is 5.58. The molecular formula is C5H6BN3O2. The zero-order chi connectivity index (χ0) is 8.43. The van der Waals surface area contributed by atoms with Crippen molar-refractivity contribution in [3.8, 4) is 0 Å². The predicted molar refractivity (Wildman–Crippen MR) is 41.6 cm³/mol. The van der Waals surface area contributed by atoms with Crippen LogP contribution in [0.4, 0.5) is 5.82 Å². The number of aromatic nitrogens is 2. The average molecular weight is 151 g/mol. The van der Waals surface area contributed by atoms with Crippen LogP contribution in [0.15, 0.2) is 6.20 Å². The minimum absolute atomic E-state index is 0.0527. The summed E-state index contributed by atoms with van der Waals surface area (Å²) in [5.74, 6) is -1.21. The van der Waals surface area contributed by atoms with Gasteiger partial charge in [0.15, 0.2) is 19.4 Å². The summed E-state index contributed by atoms with van der Waals surface area (Å²) >= 11 is 0. The highest BCUT2D eigenvalue weighted by Crippen LogP contribution is 1.99. The molecule has 0 bridgehead atoms. The Morgan fingerprint density at radius 3 is 2.82 bits per heavy atom. The first-order chi connectivity index (χ1) is 5.11. The fourth-order valence-corrected chi connectivity index (χ4v) is 0.644. The van der Waals surface area contributed by atoms with Gasteiger partial charge in [0.05, 0.1) is 0 Å². The van der Waals surface area contributed by atoms with E-state index in [2.05, 4.69) is 9.97 Å². The maximum atomic E-state index is 10.4. The topological polar surface area (TPSA) is 89.1 Å². The van der Waals surface area contributed by atoms with E-state index in [-0.39, 0.29) is 11.5 Å². The van der Waals surface area contributed by atoms with Gasteiger partial charge in [-0.3, -0.25) is 4.98 Å². The summed E-state index contributed by atoms with van der Waals surface area (Å²) < 4.78 is 0. The van der Waals surface area contributed by atoms with Gasteiger partial charge in [-0.05, 0) is 0 Å². The fourth-order valence-electron chi connectivity index (χ4n) is 0.644. The van der Waals surface area contributed by atoms with E-state index < -0.39 is 5.97 Å². The maximum absolute atomic E-state index is 10.4. The highest BCUT2D eigenvalue weighted by Gasteiger charge is 2.09. The Bertz CT molecular complexity index is 302. The molecule has 0 spiro atoms. The van der Waals surface area contributed by atoms with Crippen LogP contribution < -0.4 is 11.3 Å². The molecule has 3 N–H and O–H groups in total. The van der Waals surface area contributed by atoms with Crippen molar-refractivity contribution in [2.45, 2.75) is 0 Å². The molecule has 0 aromatic carbocycles. The molecule has 0 saturated heterocycles. The van der Waals surface area contributed by atoms with Crippen LogP contribution in [-0.2, 0) is 0 Å². The van der Waals surface area contributed by atoms with Crippen molar-refractivity contribution in [1.82, 2.24) is 9.97 Å². The van der Waals surface area contributed by atoms with Gasteiger partial charge >= 0.3 is 5.97 Å². The van der Waals surface area contributed by atoms with E-state index in [1.54, 1.807) is 7.85 Å². The van der Waals surface area contributed by atoms with Gasteiger partial charge in [0, 0.05) is 11.8 Å². The third-order valence-corrected chi connectivity index (χ3v) is 1.12. The zero-order valence-corrected chi connectivity index (χ0v) is 5.90. The largest absolute Gasteiger partial charge is 0.476 e. The Morgan fingerprint density at radius 1 is 1.73 bits per heavy atom. The average Bonchev–Trinajstić information content (AvgIpc) is 1.94. The third-order valence-electron chi connectivity index (χ3n) is 1.12. The quantitative estimate of drug-likeness (QED) is 0.453. The van der Waals surface area contributed by atoms with Crippen LogP contribution in [0.5, 0.6) is 0 Å². The number of carbonyl (C=O) groups is 1. The molecule has 0 amide bonds. The van der Waals surface area contributed by atoms with E-state index in [1.807, 2.05) is 0 Å². The van der Waals surface area contributed by atoms with Crippen LogP contribution >= 0.6 is 0 Å². The molecule has 0 fully saturated rings. The molecule has 0 radical (unpaired) electrons. The summed E-state index contributed by atoms with van der Waals surface area (Å²) in [7, 11) is 1.65. The van der Waals surface area contributed by atoms with E-state index in [4.69, 9.17) is 10.8 Å². The Kier molecular flexibility index (Phi) is 1.76. The first kappa shape index (κ1) is 7.52. The van der Waals surface area contributed by atoms with E-state index in [0.717, 1.165) is 0 Å². The lowest BCUT2D eigenvalue weighted by Crippen LogP contribution is -2.17. The second kappa shape index (κ2) is 2.57. The zero-order valence-electron chi connectivity index (χ0n) is 5.90. The molecule has 0 unspecified atom stereocenters. The number of nitrogens with two attached hydrogens (primary N) is 1. The van der Waals surface area contributed by atoms with Gasteiger partial charge in [0.2, 0.25) is 0 Å². The lowest BCUT2D eigenvalue weighted by atomic mass is 10.1. The highest BCUT2D eigenvalue weighted by atomic mass is 16.4. The lowest BCUT2D eigenvalue weighted by molar-refractivity contribution is 0.0691. The number of aromatic carboxylic acids is 1. The molecule has 1 aromatic rings. The number of nitrogen functional groups attached to an aromatic ring is 1. The van der Waals surface area contributed by atoms with Crippen LogP contribution in [0, 0.1) is 0 Å². The van der Waals surface area contributed by atoms with Crippen LogP contribution in [-0.4, -0.2) is 28.9 Å². The summed E-state index contributed by atoms with van der Waals surface area (Å²) in [4.78, 5) is 17.7. The van der Waals surface area contributed by atoms with Crippen molar-refractivity contribution in [2.24, 2.45) is 0 Å². The van der Waals surface area contributed by atoms with Crippen molar-refractivity contribution < 1.29 is 9.90 Å². The number of hydrogen-bond acceptors (Lipinski definition) is 4. The molecule has 1 aromatic heterocycles. The molecule has 1 heterocycles. The van der Waals surface area contributed by atoms with Crippen LogP contribution in [0.1, 0.15) is 10.5 Å². The summed E-state index contributed by atoms with van der Waals surface area (Å²) in [6.45, 7) is 0. The van der Waals surface area contributed by atoms with Gasteiger partial charge in [0.25, 0.3) is 0 Å². The van der Waals surface area contributed by atoms with E-state index >= 15 is 0 Å². The molecular weight excluding hydrogens is 145 g/mol. The minimum Gasteiger partial charge on any atom is -0.476 e. The standard InChI is InChI=1S/C5H6BN3O2/c6-2-1-8-4(7)3(9-2)5(10)11/h1H,6H2,(H2,7,8)(H,10,11). The third kappa shape index (κ3) is 1.46. The van der Waals surface area contributed by atoms with Gasteiger partial charge in [0.1, 0.15) is 0 Å². The maximum Gasteiger partial charge on any atom is 0.358 e. The number of carboxylic acid groups (broad SMARTS) is 1. The molecule has 1 rings (SSSR count). The van der Waals surface area contributed by atoms with Gasteiger partial charge in [-0.1, -0.05) is 0 Å². The molecule has 0 atom stereocenters. The van der Waals surface area contributed by atoms with Gasteiger partial charge < -0.3 is 10.8 Å². The molecule has 0 aliphatic heterocycles. The Labute approximate surface area is 63.7 Å². The van der Waals surface area contributed by atoms with Crippen molar-refractivity contribution in [3.05, 3.63) is 11.9 Å². The lowest BCUT2D eigenvalue weighted by Gasteiger charge is -1.98. The molecule has 0 saturated carbocycles. The smallest absolute Gasteiger partial charge is 0.358 e. The molecule has 0 aliphatic rings. The van der Waals surface area contributed by atoms with Crippen molar-refractivity contribution in [2.75, 3.05) is 5.73 Å². The van der Waals surface area contributed by atoms with Crippen molar-refractivity contribution in [3.63, 3.8) is 0 Å². The van der Waals surface area contributed by atoms with E-state index in [9.17, 15) is 4.79 Å². The van der Waals surface area contributed by atoms with Gasteiger partial charge in [-0.25, -0.2) is 9.78 Å². The Hall–Kier alpha value is -1.59.